The van der Waals surface area contributed by atoms with Gasteiger partial charge >= 0.3 is 0 Å². The van der Waals surface area contributed by atoms with Gasteiger partial charge in [-0.05, 0) is 18.6 Å². The number of rotatable bonds is 4. The van der Waals surface area contributed by atoms with E-state index in [2.05, 4.69) is 29.9 Å². The molecular weight excluding hydrogens is 206 g/mol. The molecule has 0 aliphatic heterocycles. The lowest BCUT2D eigenvalue weighted by Crippen LogP contribution is -2.01. The number of nitrogens with one attached hydrogen (secondary N) is 1. The van der Waals surface area contributed by atoms with E-state index in [1.165, 1.54) is 12.8 Å². The number of fused-ring (bicyclic) bond motifs is 1. The highest BCUT2D eigenvalue weighted by Gasteiger charge is 1.99. The molecule has 2 heterocycles. The maximum absolute atomic E-state index is 4.33. The summed E-state index contributed by atoms with van der Waals surface area (Å²) in [5.74, 6) is 0. The third-order valence-electron chi connectivity index (χ3n) is 2.35. The first kappa shape index (κ1) is 10.4. The monoisotopic (exact) mass is 221 g/mol. The molecule has 0 atom stereocenters. The molecule has 3 nitrogen and oxygen atoms in total. The largest absolute Gasteiger partial charge is 0.384 e. The van der Waals surface area contributed by atoms with E-state index in [1.54, 1.807) is 6.20 Å². The summed E-state index contributed by atoms with van der Waals surface area (Å²) in [6.07, 6.45) is 6.18. The highest BCUT2D eigenvalue weighted by molar-refractivity contribution is 7.80. The molecule has 2 rings (SSSR count). The van der Waals surface area contributed by atoms with Gasteiger partial charge in [0.2, 0.25) is 0 Å². The molecule has 80 valence electrons. The second-order valence-electron chi connectivity index (χ2n) is 3.54. The molecule has 0 bridgehead atoms. The summed E-state index contributed by atoms with van der Waals surface area (Å²) in [5, 5.41) is 4.24. The van der Waals surface area contributed by atoms with Crippen molar-refractivity contribution in [2.75, 3.05) is 11.9 Å². The molecule has 0 saturated heterocycles. The van der Waals surface area contributed by atoms with E-state index in [9.17, 15) is 0 Å². The first-order valence-corrected chi connectivity index (χ1v) is 5.66. The van der Waals surface area contributed by atoms with Gasteiger partial charge in [-0.3, -0.25) is 4.40 Å². The molecule has 0 radical (unpaired) electrons. The first-order valence-electron chi connectivity index (χ1n) is 5.21. The predicted molar refractivity (Wildman–Crippen MR) is 65.8 cm³/mol. The van der Waals surface area contributed by atoms with E-state index in [-0.39, 0.29) is 0 Å². The molecule has 0 aliphatic carbocycles. The maximum atomic E-state index is 4.33. The zero-order valence-electron chi connectivity index (χ0n) is 8.77. The lowest BCUT2D eigenvalue weighted by Gasteiger charge is -2.06. The average Bonchev–Trinajstić information content (AvgIpc) is 2.61. The van der Waals surface area contributed by atoms with Gasteiger partial charge in [0.1, 0.15) is 5.65 Å². The molecule has 0 saturated carbocycles. The number of thiol groups is 1. The van der Waals surface area contributed by atoms with Crippen LogP contribution in [0.25, 0.3) is 5.65 Å². The molecule has 0 aromatic carbocycles. The topological polar surface area (TPSA) is 29.3 Å². The molecule has 0 spiro atoms. The van der Waals surface area contributed by atoms with Gasteiger partial charge in [-0.2, -0.15) is 0 Å². The highest BCUT2D eigenvalue weighted by Crippen LogP contribution is 2.14. The van der Waals surface area contributed by atoms with Crippen LogP contribution in [0.2, 0.25) is 0 Å². The van der Waals surface area contributed by atoms with Crippen LogP contribution in [0.1, 0.15) is 19.8 Å². The van der Waals surface area contributed by atoms with E-state index in [0.717, 1.165) is 22.9 Å². The van der Waals surface area contributed by atoms with E-state index in [1.807, 2.05) is 22.7 Å². The Balaban J connectivity index is 2.18. The van der Waals surface area contributed by atoms with Crippen molar-refractivity contribution >= 4 is 24.0 Å². The fraction of sp³-hybridized carbons (Fsp3) is 0.364. The molecule has 15 heavy (non-hydrogen) atoms. The van der Waals surface area contributed by atoms with E-state index in [0.29, 0.717) is 0 Å². The number of unbranched alkanes of at least 4 members (excludes halogenated alkanes) is 1. The smallest absolute Gasteiger partial charge is 0.137 e. The van der Waals surface area contributed by atoms with Gasteiger partial charge in [0.05, 0.1) is 16.9 Å². The number of nitrogens with zero attached hydrogens (tertiary/aromatic N) is 2. The number of pyridine rings is 1. The van der Waals surface area contributed by atoms with Gasteiger partial charge in [-0.1, -0.05) is 13.3 Å². The summed E-state index contributed by atoms with van der Waals surface area (Å²) in [6.45, 7) is 3.20. The molecule has 2 aromatic rings. The fourth-order valence-electron chi connectivity index (χ4n) is 1.48. The fourth-order valence-corrected chi connectivity index (χ4v) is 1.70. The Bertz CT molecular complexity index is 450. The van der Waals surface area contributed by atoms with Crippen LogP contribution in [-0.2, 0) is 0 Å². The Morgan fingerprint density at radius 3 is 3.13 bits per heavy atom. The minimum Gasteiger partial charge on any atom is -0.384 e. The third-order valence-corrected chi connectivity index (χ3v) is 2.68. The van der Waals surface area contributed by atoms with E-state index < -0.39 is 0 Å². The molecule has 2 aromatic heterocycles. The lowest BCUT2D eigenvalue weighted by molar-refractivity contribution is 0.833. The Kier molecular flexibility index (Phi) is 3.16. The normalized spacial score (nSPS) is 10.8. The summed E-state index contributed by atoms with van der Waals surface area (Å²) >= 11 is 4.33. The van der Waals surface area contributed by atoms with Crippen LogP contribution in [0, 0.1) is 0 Å². The third kappa shape index (κ3) is 2.26. The second kappa shape index (κ2) is 4.57. The standard InChI is InChI=1S/C11H15N3S/c1-2-3-6-12-9-4-5-10-13-7-11(15)14(10)8-9/h4-5,7-8,12,15H,2-3,6H2,1H3. The van der Waals surface area contributed by atoms with Crippen molar-refractivity contribution in [2.45, 2.75) is 24.8 Å². The number of hydrogen-bond acceptors (Lipinski definition) is 3. The number of anilines is 1. The summed E-state index contributed by atoms with van der Waals surface area (Å²) in [6, 6.07) is 4.04. The van der Waals surface area contributed by atoms with Gasteiger partial charge in [-0.15, -0.1) is 12.6 Å². The summed E-state index contributed by atoms with van der Waals surface area (Å²) in [7, 11) is 0. The lowest BCUT2D eigenvalue weighted by atomic mass is 10.3. The van der Waals surface area contributed by atoms with Crippen molar-refractivity contribution in [1.29, 1.82) is 0 Å². The maximum Gasteiger partial charge on any atom is 0.137 e. The number of imidazole rings is 1. The van der Waals surface area contributed by atoms with Crippen LogP contribution in [0.3, 0.4) is 0 Å². The molecule has 0 unspecified atom stereocenters. The van der Waals surface area contributed by atoms with Crippen molar-refractivity contribution in [1.82, 2.24) is 9.38 Å². The van der Waals surface area contributed by atoms with Crippen LogP contribution in [0.15, 0.2) is 29.6 Å². The van der Waals surface area contributed by atoms with Crippen molar-refractivity contribution in [3.8, 4) is 0 Å². The van der Waals surface area contributed by atoms with Gasteiger partial charge in [0, 0.05) is 12.7 Å². The Hall–Kier alpha value is -1.16. The van der Waals surface area contributed by atoms with E-state index >= 15 is 0 Å². The predicted octanol–water partition coefficient (Wildman–Crippen LogP) is 2.84. The second-order valence-corrected chi connectivity index (χ2v) is 4.00. The van der Waals surface area contributed by atoms with Gasteiger partial charge in [0.15, 0.2) is 0 Å². The first-order chi connectivity index (χ1) is 7.31. The molecular formula is C11H15N3S. The minimum atomic E-state index is 0.865. The van der Waals surface area contributed by atoms with Crippen LogP contribution in [-0.4, -0.2) is 15.9 Å². The Labute approximate surface area is 94.9 Å². The summed E-state index contributed by atoms with van der Waals surface area (Å²) < 4.78 is 1.97. The highest BCUT2D eigenvalue weighted by atomic mass is 32.1. The average molecular weight is 221 g/mol. The van der Waals surface area contributed by atoms with Gasteiger partial charge in [0.25, 0.3) is 0 Å². The quantitative estimate of drug-likeness (QED) is 0.614. The molecule has 0 amide bonds. The van der Waals surface area contributed by atoms with Crippen LogP contribution in [0.5, 0.6) is 0 Å². The molecule has 1 N–H and O–H groups in total. The van der Waals surface area contributed by atoms with Crippen LogP contribution < -0.4 is 5.32 Å². The minimum absolute atomic E-state index is 0.865. The number of hydrogen-bond donors (Lipinski definition) is 2. The van der Waals surface area contributed by atoms with Crippen molar-refractivity contribution < 1.29 is 0 Å². The Morgan fingerprint density at radius 2 is 2.33 bits per heavy atom. The SMILES string of the molecule is CCCCNc1ccc2ncc(S)n2c1. The zero-order chi connectivity index (χ0) is 10.7. The molecule has 0 aliphatic rings. The van der Waals surface area contributed by atoms with Crippen LogP contribution in [0.4, 0.5) is 5.69 Å². The van der Waals surface area contributed by atoms with Gasteiger partial charge in [-0.25, -0.2) is 4.98 Å². The van der Waals surface area contributed by atoms with Crippen molar-refractivity contribution in [2.24, 2.45) is 0 Å². The van der Waals surface area contributed by atoms with Gasteiger partial charge < -0.3 is 5.32 Å². The van der Waals surface area contributed by atoms with Crippen molar-refractivity contribution in [3.05, 3.63) is 24.5 Å². The van der Waals surface area contributed by atoms with Crippen molar-refractivity contribution in [3.63, 3.8) is 0 Å². The number of aromatic nitrogens is 2. The van der Waals surface area contributed by atoms with Crippen LogP contribution >= 0.6 is 12.6 Å². The molecule has 0 fully saturated rings. The Morgan fingerprint density at radius 1 is 1.47 bits per heavy atom. The zero-order valence-corrected chi connectivity index (χ0v) is 9.67. The van der Waals surface area contributed by atoms with E-state index in [4.69, 9.17) is 0 Å². The summed E-state index contributed by atoms with van der Waals surface area (Å²) in [4.78, 5) is 4.21. The summed E-state index contributed by atoms with van der Waals surface area (Å²) in [5.41, 5.74) is 2.05. The molecule has 4 heteroatoms.